The number of benzene rings is 1. The fourth-order valence-electron chi connectivity index (χ4n) is 3.82. The van der Waals surface area contributed by atoms with Crippen LogP contribution in [-0.2, 0) is 21.2 Å². The quantitative estimate of drug-likeness (QED) is 0.918. The number of amides is 1. The number of nitrogens with two attached hydrogens (primary N) is 1. The zero-order chi connectivity index (χ0) is 17.8. The molecule has 0 spiro atoms. The average Bonchev–Trinajstić information content (AvgIpc) is 2.52. The van der Waals surface area contributed by atoms with Crippen molar-refractivity contribution in [2.75, 3.05) is 20.2 Å². The third kappa shape index (κ3) is 2.80. The second kappa shape index (κ2) is 5.46. The summed E-state index contributed by atoms with van der Waals surface area (Å²) in [6.07, 6.45) is -2.53. The molecule has 4 nitrogen and oxygen atoms in total. The molecule has 24 heavy (non-hydrogen) atoms. The van der Waals surface area contributed by atoms with Gasteiger partial charge in [-0.1, -0.05) is 12.1 Å². The van der Waals surface area contributed by atoms with Gasteiger partial charge < -0.3 is 15.4 Å². The molecule has 2 N–H and O–H groups in total. The summed E-state index contributed by atoms with van der Waals surface area (Å²) in [7, 11) is 1.64. The van der Waals surface area contributed by atoms with Crippen LogP contribution in [0.15, 0.2) is 24.3 Å². The number of nitrogens with zero attached hydrogens (tertiary/aromatic N) is 1. The fourth-order valence-corrected chi connectivity index (χ4v) is 3.82. The molecule has 0 radical (unpaired) electrons. The van der Waals surface area contributed by atoms with Crippen molar-refractivity contribution in [3.8, 4) is 0 Å². The van der Waals surface area contributed by atoms with Gasteiger partial charge in [-0.15, -0.1) is 0 Å². The first-order valence-electron chi connectivity index (χ1n) is 7.88. The molecule has 0 aromatic heterocycles. The van der Waals surface area contributed by atoms with Crippen molar-refractivity contribution < 1.29 is 22.7 Å². The van der Waals surface area contributed by atoms with Crippen LogP contribution in [0.25, 0.3) is 0 Å². The van der Waals surface area contributed by atoms with Crippen LogP contribution in [0.4, 0.5) is 13.2 Å². The van der Waals surface area contributed by atoms with Gasteiger partial charge in [0.2, 0.25) is 5.91 Å². The number of fused-ring (bicyclic) bond motifs is 2. The summed E-state index contributed by atoms with van der Waals surface area (Å²) in [5.74, 6) is 0.124. The third-order valence-electron chi connectivity index (χ3n) is 5.26. The molecule has 2 aliphatic heterocycles. The number of methoxy groups -OCH3 is 1. The molecule has 1 amide bonds. The van der Waals surface area contributed by atoms with Crippen molar-refractivity contribution in [3.63, 3.8) is 0 Å². The van der Waals surface area contributed by atoms with Gasteiger partial charge in [-0.05, 0) is 43.4 Å². The number of ether oxygens (including phenoxy) is 1. The molecule has 7 heteroatoms. The van der Waals surface area contributed by atoms with E-state index in [1.807, 2.05) is 0 Å². The van der Waals surface area contributed by atoms with Crippen molar-refractivity contribution in [1.29, 1.82) is 0 Å². The molecule has 2 saturated heterocycles. The molecule has 3 fully saturated rings. The van der Waals surface area contributed by atoms with Gasteiger partial charge >= 0.3 is 6.18 Å². The monoisotopic (exact) mass is 342 g/mol. The lowest BCUT2D eigenvalue weighted by atomic mass is 9.66. The number of carbonyl (C=O) groups excluding carboxylic acids is 1. The molecule has 1 aliphatic carbocycles. The summed E-state index contributed by atoms with van der Waals surface area (Å²) in [5.41, 5.74) is 4.16. The lowest BCUT2D eigenvalue weighted by molar-refractivity contribution is -0.177. The number of piperidine rings is 2. The lowest BCUT2D eigenvalue weighted by Gasteiger charge is -2.56. The maximum atomic E-state index is 12.8. The van der Waals surface area contributed by atoms with E-state index in [9.17, 15) is 18.0 Å². The Kier molecular flexibility index (Phi) is 3.92. The summed E-state index contributed by atoms with van der Waals surface area (Å²) >= 11 is 0. The Hall–Kier alpha value is -1.60. The van der Waals surface area contributed by atoms with Crippen LogP contribution < -0.4 is 5.73 Å². The Balaban J connectivity index is 1.78. The number of alkyl halides is 3. The van der Waals surface area contributed by atoms with Crippen LogP contribution in [0.3, 0.4) is 0 Å². The van der Waals surface area contributed by atoms with Crippen LogP contribution in [0.1, 0.15) is 30.9 Å². The van der Waals surface area contributed by atoms with Crippen LogP contribution in [-0.4, -0.2) is 36.6 Å². The molecule has 1 aromatic rings. The topological polar surface area (TPSA) is 55.6 Å². The van der Waals surface area contributed by atoms with E-state index in [4.69, 9.17) is 10.5 Å². The smallest absolute Gasteiger partial charge is 0.376 e. The molecular weight excluding hydrogens is 321 g/mol. The summed E-state index contributed by atoms with van der Waals surface area (Å²) in [5, 5.41) is 0. The van der Waals surface area contributed by atoms with Crippen molar-refractivity contribution in [2.45, 2.75) is 37.1 Å². The molecule has 2 bridgehead atoms. The Morgan fingerprint density at radius 3 is 2.29 bits per heavy atom. The van der Waals surface area contributed by atoms with E-state index in [2.05, 4.69) is 0 Å². The number of rotatable bonds is 3. The molecule has 132 valence electrons. The molecule has 1 aromatic carbocycles. The van der Waals surface area contributed by atoms with Gasteiger partial charge in [-0.2, -0.15) is 13.2 Å². The van der Waals surface area contributed by atoms with Gasteiger partial charge in [0.05, 0.1) is 11.2 Å². The first-order valence-corrected chi connectivity index (χ1v) is 7.88. The van der Waals surface area contributed by atoms with E-state index in [1.54, 1.807) is 12.0 Å². The molecule has 1 atom stereocenters. The van der Waals surface area contributed by atoms with Gasteiger partial charge in [-0.3, -0.25) is 4.79 Å². The Morgan fingerprint density at radius 1 is 1.25 bits per heavy atom. The van der Waals surface area contributed by atoms with E-state index < -0.39 is 17.3 Å². The van der Waals surface area contributed by atoms with Crippen molar-refractivity contribution >= 4 is 5.91 Å². The zero-order valence-electron chi connectivity index (χ0n) is 13.7. The van der Waals surface area contributed by atoms with E-state index in [-0.39, 0.29) is 11.5 Å². The first-order chi connectivity index (χ1) is 11.1. The van der Waals surface area contributed by atoms with Crippen LogP contribution in [0.2, 0.25) is 0 Å². The number of hydrogen-bond acceptors (Lipinski definition) is 3. The molecule has 3 aliphatic rings. The van der Waals surface area contributed by atoms with Crippen LogP contribution in [0.5, 0.6) is 0 Å². The SMILES string of the molecule is COC12CC(CN(C(=O)C(C)(N)c3ccc(C(F)(F)F)cc3)C1)C2. The highest BCUT2D eigenvalue weighted by molar-refractivity contribution is 5.87. The average molecular weight is 342 g/mol. The maximum absolute atomic E-state index is 12.8. The Labute approximate surface area is 138 Å². The summed E-state index contributed by atoms with van der Waals surface area (Å²) in [6, 6.07) is 4.46. The predicted octanol–water partition coefficient (Wildman–Crippen LogP) is 2.52. The highest BCUT2D eigenvalue weighted by Crippen LogP contribution is 2.46. The van der Waals surface area contributed by atoms with Crippen molar-refractivity contribution in [2.24, 2.45) is 11.7 Å². The normalized spacial score (nSPS) is 28.9. The molecule has 1 unspecified atom stereocenters. The zero-order valence-corrected chi connectivity index (χ0v) is 13.7. The number of hydrogen-bond donors (Lipinski definition) is 1. The first kappa shape index (κ1) is 17.2. The second-order valence-electron chi connectivity index (χ2n) is 7.12. The molecule has 2 heterocycles. The van der Waals surface area contributed by atoms with Gasteiger partial charge in [-0.25, -0.2) is 0 Å². The minimum Gasteiger partial charge on any atom is -0.376 e. The molecule has 4 rings (SSSR count). The predicted molar refractivity (Wildman–Crippen MR) is 82.0 cm³/mol. The van der Waals surface area contributed by atoms with E-state index >= 15 is 0 Å². The Morgan fingerprint density at radius 2 is 1.79 bits per heavy atom. The number of halogens is 3. The minimum absolute atomic E-state index is 0.283. The van der Waals surface area contributed by atoms with Gasteiger partial charge in [0.15, 0.2) is 0 Å². The second-order valence-corrected chi connectivity index (χ2v) is 7.12. The lowest BCUT2D eigenvalue weighted by Crippen LogP contribution is -2.66. The molecule has 1 saturated carbocycles. The van der Waals surface area contributed by atoms with E-state index in [0.717, 1.165) is 25.0 Å². The summed E-state index contributed by atoms with van der Waals surface area (Å²) < 4.78 is 43.6. The van der Waals surface area contributed by atoms with Gasteiger partial charge in [0.25, 0.3) is 0 Å². The van der Waals surface area contributed by atoms with Crippen LogP contribution in [0, 0.1) is 5.92 Å². The van der Waals surface area contributed by atoms with E-state index in [1.165, 1.54) is 19.1 Å². The van der Waals surface area contributed by atoms with Gasteiger partial charge in [0.1, 0.15) is 5.54 Å². The minimum atomic E-state index is -4.41. The van der Waals surface area contributed by atoms with Crippen LogP contribution >= 0.6 is 0 Å². The van der Waals surface area contributed by atoms with Crippen molar-refractivity contribution in [3.05, 3.63) is 35.4 Å². The third-order valence-corrected chi connectivity index (χ3v) is 5.26. The summed E-state index contributed by atoms with van der Waals surface area (Å²) in [4.78, 5) is 14.5. The Bertz CT molecular complexity index is 634. The molecular formula is C17H21F3N2O2. The van der Waals surface area contributed by atoms with Gasteiger partial charge in [0, 0.05) is 20.2 Å². The highest BCUT2D eigenvalue weighted by atomic mass is 19.4. The van der Waals surface area contributed by atoms with E-state index in [0.29, 0.717) is 24.6 Å². The standard InChI is InChI=1S/C17H21F3N2O2/c1-15(21,12-3-5-13(6-4-12)17(18,19)20)14(23)22-9-11-7-16(8-11,10-22)24-2/h3-6,11H,7-10,21H2,1-2H3. The van der Waals surface area contributed by atoms with Crippen molar-refractivity contribution in [1.82, 2.24) is 4.90 Å². The fraction of sp³-hybridized carbons (Fsp3) is 0.588. The highest BCUT2D eigenvalue weighted by Gasteiger charge is 2.53. The largest absolute Gasteiger partial charge is 0.416 e. The summed E-state index contributed by atoms with van der Waals surface area (Å²) in [6.45, 7) is 2.64. The number of carbonyl (C=O) groups is 1. The maximum Gasteiger partial charge on any atom is 0.416 e.